The number of fused-ring (bicyclic) bond motifs is 2. The number of aryl methyl sites for hydroxylation is 2. The van der Waals surface area contributed by atoms with Crippen molar-refractivity contribution in [1.29, 1.82) is 0 Å². The molecule has 1 aliphatic heterocycles. The van der Waals surface area contributed by atoms with E-state index < -0.39 is 12.1 Å². The fourth-order valence-electron chi connectivity index (χ4n) is 3.76. The molecule has 0 radical (unpaired) electrons. The number of carbonyl (C=O) groups is 2. The molecule has 25 heavy (non-hydrogen) atoms. The van der Waals surface area contributed by atoms with E-state index in [0.29, 0.717) is 12.1 Å². The summed E-state index contributed by atoms with van der Waals surface area (Å²) >= 11 is 0. The van der Waals surface area contributed by atoms with Gasteiger partial charge in [-0.05, 0) is 67.5 Å². The molecule has 0 bridgehead atoms. The number of ether oxygens (including phenoxy) is 1. The molecule has 0 aromatic heterocycles. The zero-order valence-corrected chi connectivity index (χ0v) is 14.3. The molecule has 2 aromatic carbocycles. The van der Waals surface area contributed by atoms with Crippen LogP contribution in [0.4, 0.5) is 5.69 Å². The molecule has 0 fully saturated rings. The average molecular weight is 335 g/mol. The minimum atomic E-state index is -0.799. The maximum absolute atomic E-state index is 12.7. The Balaban J connectivity index is 1.46. The number of hydrogen-bond donors (Lipinski definition) is 0. The van der Waals surface area contributed by atoms with Gasteiger partial charge < -0.3 is 9.64 Å². The Hall–Kier alpha value is -2.62. The topological polar surface area (TPSA) is 46.6 Å². The lowest BCUT2D eigenvalue weighted by Crippen LogP contribution is -2.39. The number of nitrogens with zero attached hydrogens (tertiary/aromatic N) is 1. The number of esters is 1. The Morgan fingerprint density at radius 2 is 1.80 bits per heavy atom. The third-order valence-electron chi connectivity index (χ3n) is 5.12. The molecule has 0 saturated heterocycles. The fourth-order valence-corrected chi connectivity index (χ4v) is 3.76. The van der Waals surface area contributed by atoms with E-state index in [-0.39, 0.29) is 5.91 Å². The first-order chi connectivity index (χ1) is 12.1. The summed E-state index contributed by atoms with van der Waals surface area (Å²) in [6.45, 7) is 2.29. The summed E-state index contributed by atoms with van der Waals surface area (Å²) in [6, 6.07) is 13.6. The van der Waals surface area contributed by atoms with E-state index in [1.54, 1.807) is 17.9 Å². The second-order valence-electron chi connectivity index (χ2n) is 6.75. The van der Waals surface area contributed by atoms with Crippen LogP contribution in [-0.2, 0) is 28.8 Å². The molecular weight excluding hydrogens is 314 g/mol. The van der Waals surface area contributed by atoms with Crippen LogP contribution in [0.2, 0.25) is 0 Å². The van der Waals surface area contributed by atoms with Gasteiger partial charge in [-0.15, -0.1) is 0 Å². The third kappa shape index (κ3) is 2.93. The Morgan fingerprint density at radius 1 is 1.00 bits per heavy atom. The van der Waals surface area contributed by atoms with Gasteiger partial charge in [0.2, 0.25) is 0 Å². The van der Waals surface area contributed by atoms with Crippen LogP contribution in [0.1, 0.15) is 40.4 Å². The number of benzene rings is 2. The van der Waals surface area contributed by atoms with Crippen LogP contribution in [-0.4, -0.2) is 24.5 Å². The van der Waals surface area contributed by atoms with E-state index in [0.717, 1.165) is 36.9 Å². The fraction of sp³-hybridized carbons (Fsp3) is 0.333. The van der Waals surface area contributed by atoms with Gasteiger partial charge in [0.15, 0.2) is 6.10 Å². The van der Waals surface area contributed by atoms with Crippen LogP contribution in [0.5, 0.6) is 0 Å². The Labute approximate surface area is 147 Å². The molecule has 0 N–H and O–H groups in total. The van der Waals surface area contributed by atoms with E-state index in [1.807, 2.05) is 36.4 Å². The molecule has 1 atom stereocenters. The lowest BCUT2D eigenvalue weighted by atomic mass is 10.1. The summed E-state index contributed by atoms with van der Waals surface area (Å²) in [6.07, 6.45) is 3.26. The number of para-hydroxylation sites is 1. The summed E-state index contributed by atoms with van der Waals surface area (Å²) in [5, 5.41) is 0. The van der Waals surface area contributed by atoms with Crippen LogP contribution < -0.4 is 4.90 Å². The molecule has 0 unspecified atom stereocenters. The smallest absolute Gasteiger partial charge is 0.338 e. The maximum Gasteiger partial charge on any atom is 0.338 e. The molecule has 1 aliphatic carbocycles. The molecule has 1 amide bonds. The van der Waals surface area contributed by atoms with Crippen LogP contribution in [0.15, 0.2) is 42.5 Å². The van der Waals surface area contributed by atoms with Crippen molar-refractivity contribution in [2.24, 2.45) is 0 Å². The SMILES string of the molecule is C[C@@H](OC(=O)c1ccc2c(c1)CCC2)C(=O)N1CCc2ccccc21. The van der Waals surface area contributed by atoms with Crippen molar-refractivity contribution in [3.8, 4) is 0 Å². The molecule has 2 aromatic rings. The predicted octanol–water partition coefficient (Wildman–Crippen LogP) is 3.31. The second kappa shape index (κ2) is 6.36. The van der Waals surface area contributed by atoms with E-state index in [1.165, 1.54) is 11.1 Å². The summed E-state index contributed by atoms with van der Waals surface area (Å²) in [5.74, 6) is -0.595. The summed E-state index contributed by atoms with van der Waals surface area (Å²) in [5.41, 5.74) is 5.15. The highest BCUT2D eigenvalue weighted by atomic mass is 16.5. The lowest BCUT2D eigenvalue weighted by molar-refractivity contribution is -0.126. The zero-order chi connectivity index (χ0) is 17.4. The molecule has 1 heterocycles. The Morgan fingerprint density at radius 3 is 2.68 bits per heavy atom. The molecule has 4 rings (SSSR count). The summed E-state index contributed by atoms with van der Waals surface area (Å²) in [4.78, 5) is 26.9. The first-order valence-corrected chi connectivity index (χ1v) is 8.85. The van der Waals surface area contributed by atoms with Gasteiger partial charge in [0.1, 0.15) is 0 Å². The third-order valence-corrected chi connectivity index (χ3v) is 5.12. The molecule has 4 nitrogen and oxygen atoms in total. The van der Waals surface area contributed by atoms with Crippen LogP contribution in [0.3, 0.4) is 0 Å². The second-order valence-corrected chi connectivity index (χ2v) is 6.75. The molecule has 128 valence electrons. The normalized spacial score (nSPS) is 16.3. The highest BCUT2D eigenvalue weighted by Crippen LogP contribution is 2.28. The Kier molecular flexibility index (Phi) is 4.04. The molecule has 4 heteroatoms. The monoisotopic (exact) mass is 335 g/mol. The predicted molar refractivity (Wildman–Crippen MR) is 95.8 cm³/mol. The molecule has 2 aliphatic rings. The van der Waals surface area contributed by atoms with Crippen molar-refractivity contribution in [1.82, 2.24) is 0 Å². The van der Waals surface area contributed by atoms with Crippen molar-refractivity contribution in [2.75, 3.05) is 11.4 Å². The summed E-state index contributed by atoms with van der Waals surface area (Å²) in [7, 11) is 0. The van der Waals surface area contributed by atoms with Gasteiger partial charge in [-0.25, -0.2) is 4.79 Å². The zero-order valence-electron chi connectivity index (χ0n) is 14.3. The first kappa shape index (κ1) is 15.9. The highest BCUT2D eigenvalue weighted by Gasteiger charge is 2.30. The lowest BCUT2D eigenvalue weighted by Gasteiger charge is -2.21. The minimum Gasteiger partial charge on any atom is -0.449 e. The number of amides is 1. The van der Waals surface area contributed by atoms with Crippen molar-refractivity contribution in [2.45, 2.75) is 38.7 Å². The van der Waals surface area contributed by atoms with Gasteiger partial charge in [0.25, 0.3) is 5.91 Å². The van der Waals surface area contributed by atoms with Crippen LogP contribution in [0.25, 0.3) is 0 Å². The van der Waals surface area contributed by atoms with Crippen LogP contribution >= 0.6 is 0 Å². The van der Waals surface area contributed by atoms with E-state index in [9.17, 15) is 9.59 Å². The van der Waals surface area contributed by atoms with Crippen LogP contribution in [0, 0.1) is 0 Å². The van der Waals surface area contributed by atoms with Crippen molar-refractivity contribution >= 4 is 17.6 Å². The first-order valence-electron chi connectivity index (χ1n) is 8.85. The minimum absolute atomic E-state index is 0.167. The molecular formula is C21H21NO3. The molecule has 0 saturated carbocycles. The van der Waals surface area contributed by atoms with Gasteiger partial charge in [0.05, 0.1) is 5.56 Å². The van der Waals surface area contributed by atoms with Gasteiger partial charge in [-0.1, -0.05) is 24.3 Å². The standard InChI is InChI=1S/C21H21NO3/c1-14(20(23)22-12-11-16-5-2-3-8-19(16)22)25-21(24)18-10-9-15-6-4-7-17(15)13-18/h2-3,5,8-10,13-14H,4,6-7,11-12H2,1H3/t14-/m1/s1. The summed E-state index contributed by atoms with van der Waals surface area (Å²) < 4.78 is 5.46. The van der Waals surface area contributed by atoms with Gasteiger partial charge in [-0.3, -0.25) is 4.79 Å². The number of hydrogen-bond acceptors (Lipinski definition) is 3. The van der Waals surface area contributed by atoms with Crippen molar-refractivity contribution in [3.05, 3.63) is 64.7 Å². The quantitative estimate of drug-likeness (QED) is 0.809. The maximum atomic E-state index is 12.7. The number of rotatable bonds is 3. The largest absolute Gasteiger partial charge is 0.449 e. The van der Waals surface area contributed by atoms with E-state index >= 15 is 0 Å². The van der Waals surface area contributed by atoms with Gasteiger partial charge in [0, 0.05) is 12.2 Å². The van der Waals surface area contributed by atoms with E-state index in [2.05, 4.69) is 0 Å². The highest BCUT2D eigenvalue weighted by molar-refractivity contribution is 6.00. The van der Waals surface area contributed by atoms with Gasteiger partial charge >= 0.3 is 5.97 Å². The molecule has 0 spiro atoms. The van der Waals surface area contributed by atoms with Crippen molar-refractivity contribution in [3.63, 3.8) is 0 Å². The number of anilines is 1. The van der Waals surface area contributed by atoms with Gasteiger partial charge in [-0.2, -0.15) is 0 Å². The van der Waals surface area contributed by atoms with Crippen molar-refractivity contribution < 1.29 is 14.3 Å². The Bertz CT molecular complexity index is 843. The van der Waals surface area contributed by atoms with E-state index in [4.69, 9.17) is 4.74 Å². The average Bonchev–Trinajstić information content (AvgIpc) is 3.26. The number of carbonyl (C=O) groups excluding carboxylic acids is 2.